The number of phenols is 2. The van der Waals surface area contributed by atoms with Crippen LogP contribution in [0.2, 0.25) is 0 Å². The number of hydrogen-bond acceptors (Lipinski definition) is 10. The van der Waals surface area contributed by atoms with E-state index in [2.05, 4.69) is 110 Å². The SMILES string of the molecule is CC(C)c1ccc(C(C)C)c(OC(=O)[O-])c1O.CC(C)c1ccc(C(C)C)c(OC(=O)[O-])c1O.Cc1cccc(C)c1N=C1C(=Nc2c(C)cccc2C)c2cccc3cccc1c23.[Ni+2]. The molecule has 0 bridgehead atoms. The average molecular weight is 922 g/mol. The molecule has 2 N–H and O–H groups in total. The second-order valence-electron chi connectivity index (χ2n) is 17.3. The van der Waals surface area contributed by atoms with Gasteiger partial charge in [0, 0.05) is 16.5 Å². The fraction of sp³-hybridized carbons (Fsp3) is 0.296. The summed E-state index contributed by atoms with van der Waals surface area (Å²) in [6, 6.07) is 32.7. The zero-order valence-corrected chi connectivity index (χ0v) is 40.1. The summed E-state index contributed by atoms with van der Waals surface area (Å²) >= 11 is 0. The standard InChI is InChI=1S/C28H24N2.2C13H18O4.Ni/c1-17-9-5-10-18(2)25(17)29-27-22-15-7-13-21-14-8-16-23(24(21)22)28(27)30-26-19(3)11-6-12-20(26)4;2*1-7(2)9-5-6-10(8(3)4)12(11(9)14)17-13(15)16;/h5-16H,1-4H3;2*5-8,14H,1-4H3,(H,15,16);/q;;;+2/p-2. The molecule has 10 nitrogen and oxygen atoms in total. The van der Waals surface area contributed by atoms with Crippen molar-refractivity contribution in [1.82, 2.24) is 0 Å². The van der Waals surface area contributed by atoms with E-state index in [1.54, 1.807) is 24.3 Å². The van der Waals surface area contributed by atoms with Crippen LogP contribution in [0.25, 0.3) is 10.8 Å². The zero-order chi connectivity index (χ0) is 47.2. The number of hydrogen-bond donors (Lipinski definition) is 2. The number of aliphatic imine (C=N–C) groups is 2. The van der Waals surface area contributed by atoms with Gasteiger partial charge in [-0.2, -0.15) is 0 Å². The molecule has 1 aliphatic rings. The van der Waals surface area contributed by atoms with Gasteiger partial charge >= 0.3 is 16.5 Å². The van der Waals surface area contributed by atoms with Crippen molar-refractivity contribution >= 4 is 45.9 Å². The van der Waals surface area contributed by atoms with E-state index in [1.165, 1.54) is 33.0 Å². The van der Waals surface area contributed by atoms with Crippen LogP contribution in [-0.2, 0) is 16.5 Å². The molecule has 342 valence electrons. The van der Waals surface area contributed by atoms with Crippen molar-refractivity contribution in [1.29, 1.82) is 0 Å². The van der Waals surface area contributed by atoms with Crippen LogP contribution in [0, 0.1) is 27.7 Å². The molecule has 0 saturated heterocycles. The van der Waals surface area contributed by atoms with Gasteiger partial charge in [-0.3, -0.25) is 0 Å². The molecule has 0 fully saturated rings. The summed E-state index contributed by atoms with van der Waals surface area (Å²) in [6.45, 7) is 23.7. The first-order chi connectivity index (χ1) is 30.2. The Kier molecular flexibility index (Phi) is 17.3. The third kappa shape index (κ3) is 11.6. The molecule has 11 heteroatoms. The average Bonchev–Trinajstić information content (AvgIpc) is 3.51. The van der Waals surface area contributed by atoms with Gasteiger partial charge in [0.25, 0.3) is 12.3 Å². The molecular weight excluding hydrogens is 863 g/mol. The summed E-state index contributed by atoms with van der Waals surface area (Å²) < 4.78 is 9.17. The topological polar surface area (TPSA) is 164 Å². The summed E-state index contributed by atoms with van der Waals surface area (Å²) in [5, 5.41) is 43.6. The monoisotopic (exact) mass is 920 g/mol. The number of phenolic OH excluding ortho intramolecular Hbond substituents is 2. The van der Waals surface area contributed by atoms with Gasteiger partial charge in [0.2, 0.25) is 0 Å². The Hall–Kier alpha value is -6.45. The molecular formula is C54H58N2NiO8. The van der Waals surface area contributed by atoms with E-state index in [-0.39, 0.29) is 63.2 Å². The third-order valence-corrected chi connectivity index (χ3v) is 11.2. The predicted molar refractivity (Wildman–Crippen MR) is 253 cm³/mol. The Morgan fingerprint density at radius 3 is 1.06 bits per heavy atom. The first-order valence-corrected chi connectivity index (χ1v) is 21.5. The summed E-state index contributed by atoms with van der Waals surface area (Å²) in [5.74, 6) is 0.0248. The van der Waals surface area contributed by atoms with Crippen LogP contribution in [0.5, 0.6) is 23.0 Å². The van der Waals surface area contributed by atoms with Crippen LogP contribution in [0.1, 0.15) is 135 Å². The number of para-hydroxylation sites is 2. The van der Waals surface area contributed by atoms with Gasteiger partial charge in [0.15, 0.2) is 0 Å². The van der Waals surface area contributed by atoms with Crippen LogP contribution in [0.3, 0.4) is 0 Å². The number of nitrogens with zero attached hydrogens (tertiary/aromatic N) is 2. The second-order valence-corrected chi connectivity index (χ2v) is 17.3. The van der Waals surface area contributed by atoms with E-state index in [1.807, 2.05) is 55.4 Å². The van der Waals surface area contributed by atoms with Gasteiger partial charge in [0.1, 0.15) is 11.5 Å². The van der Waals surface area contributed by atoms with E-state index < -0.39 is 12.3 Å². The maximum absolute atomic E-state index is 10.5. The second kappa shape index (κ2) is 22.0. The van der Waals surface area contributed by atoms with Gasteiger partial charge < -0.3 is 39.5 Å². The van der Waals surface area contributed by atoms with E-state index in [0.29, 0.717) is 22.3 Å². The molecule has 0 saturated carbocycles. The Morgan fingerprint density at radius 2 is 0.769 bits per heavy atom. The largest absolute Gasteiger partial charge is 2.00 e. The minimum atomic E-state index is -1.66. The van der Waals surface area contributed by atoms with Gasteiger partial charge in [-0.1, -0.05) is 152 Å². The van der Waals surface area contributed by atoms with E-state index in [4.69, 9.17) is 9.98 Å². The van der Waals surface area contributed by atoms with Crippen molar-refractivity contribution in [2.75, 3.05) is 0 Å². The van der Waals surface area contributed by atoms with Crippen LogP contribution >= 0.6 is 0 Å². The molecule has 0 unspecified atom stereocenters. The third-order valence-electron chi connectivity index (χ3n) is 11.2. The number of carboxylic acid groups (broad SMARTS) is 2. The quantitative estimate of drug-likeness (QED) is 0.0865. The van der Waals surface area contributed by atoms with Crippen molar-refractivity contribution in [3.63, 3.8) is 0 Å². The molecule has 0 amide bonds. The minimum Gasteiger partial charge on any atom is -0.510 e. The first-order valence-electron chi connectivity index (χ1n) is 21.5. The fourth-order valence-electron chi connectivity index (χ4n) is 7.83. The Balaban J connectivity index is 0.000000228. The fourth-order valence-corrected chi connectivity index (χ4v) is 7.83. The van der Waals surface area contributed by atoms with E-state index >= 15 is 0 Å². The smallest absolute Gasteiger partial charge is 0.510 e. The number of benzene rings is 6. The normalized spacial score (nSPS) is 12.9. The number of carbonyl (C=O) groups is 2. The van der Waals surface area contributed by atoms with Crippen molar-refractivity contribution in [2.45, 2.75) is 107 Å². The van der Waals surface area contributed by atoms with Crippen LogP contribution in [-0.4, -0.2) is 33.9 Å². The molecule has 7 rings (SSSR count). The summed E-state index contributed by atoms with van der Waals surface area (Å²) in [7, 11) is 0. The molecule has 0 spiro atoms. The Morgan fingerprint density at radius 1 is 0.477 bits per heavy atom. The van der Waals surface area contributed by atoms with Gasteiger partial charge in [-0.15, -0.1) is 0 Å². The van der Waals surface area contributed by atoms with Crippen molar-refractivity contribution in [3.8, 4) is 23.0 Å². The molecule has 0 aromatic heterocycles. The molecule has 0 heterocycles. The maximum atomic E-state index is 10.5. The van der Waals surface area contributed by atoms with Crippen LogP contribution in [0.15, 0.2) is 107 Å². The van der Waals surface area contributed by atoms with Crippen molar-refractivity contribution < 1.29 is 56.0 Å². The van der Waals surface area contributed by atoms with Crippen LogP contribution < -0.4 is 19.7 Å². The zero-order valence-electron chi connectivity index (χ0n) is 39.1. The van der Waals surface area contributed by atoms with Crippen molar-refractivity contribution in [3.05, 3.63) is 153 Å². The Bertz CT molecular complexity index is 2540. The molecule has 1 aliphatic carbocycles. The van der Waals surface area contributed by atoms with Crippen LogP contribution in [0.4, 0.5) is 21.0 Å². The molecule has 0 radical (unpaired) electrons. The summed E-state index contributed by atoms with van der Waals surface area (Å²) in [5.41, 5.74) is 13.6. The summed E-state index contributed by atoms with van der Waals surface area (Å²) in [4.78, 5) is 31.5. The summed E-state index contributed by atoms with van der Waals surface area (Å²) in [6.07, 6.45) is -3.33. The molecule has 6 aromatic carbocycles. The number of rotatable bonds is 8. The van der Waals surface area contributed by atoms with E-state index in [9.17, 15) is 30.0 Å². The van der Waals surface area contributed by atoms with Gasteiger partial charge in [0.05, 0.1) is 34.3 Å². The Labute approximate surface area is 392 Å². The predicted octanol–water partition coefficient (Wildman–Crippen LogP) is 12.0. The van der Waals surface area contributed by atoms with Gasteiger partial charge in [-0.05, 0) is 101 Å². The number of aryl methyl sites for hydroxylation is 4. The molecule has 0 aliphatic heterocycles. The number of aromatic hydroxyl groups is 2. The number of carbonyl (C=O) groups excluding carboxylic acids is 2. The molecule has 6 aromatic rings. The minimum absolute atomic E-state index is 0. The maximum Gasteiger partial charge on any atom is 2.00 e. The van der Waals surface area contributed by atoms with Gasteiger partial charge in [-0.25, -0.2) is 9.98 Å². The number of ether oxygens (including phenoxy) is 2. The first kappa shape index (κ1) is 51.2. The molecule has 65 heavy (non-hydrogen) atoms. The van der Waals surface area contributed by atoms with E-state index in [0.717, 1.165) is 33.9 Å². The molecule has 0 atom stereocenters. The van der Waals surface area contributed by atoms with Crippen molar-refractivity contribution in [2.24, 2.45) is 9.98 Å².